The normalized spacial score (nSPS) is 43.2. The predicted octanol–water partition coefficient (Wildman–Crippen LogP) is 0.447. The van der Waals surface area contributed by atoms with Gasteiger partial charge < -0.3 is 18.3 Å². The summed E-state index contributed by atoms with van der Waals surface area (Å²) in [5.41, 5.74) is -0.796. The summed E-state index contributed by atoms with van der Waals surface area (Å²) in [5.74, 6) is -0.367. The van der Waals surface area contributed by atoms with Crippen LogP contribution in [-0.2, 0) is 34.9 Å². The Labute approximate surface area is 80.5 Å². The molecule has 13 heavy (non-hydrogen) atoms. The van der Waals surface area contributed by atoms with Crippen molar-refractivity contribution in [3.63, 3.8) is 0 Å². The Morgan fingerprint density at radius 1 is 1.38 bits per heavy atom. The summed E-state index contributed by atoms with van der Waals surface area (Å²) in [6.07, 6.45) is 0. The number of esters is 1. The van der Waals surface area contributed by atoms with E-state index in [1.54, 1.807) is 0 Å². The average Bonchev–Trinajstić information content (AvgIpc) is 2.18. The van der Waals surface area contributed by atoms with E-state index in [1.807, 2.05) is 0 Å². The van der Waals surface area contributed by atoms with Crippen LogP contribution in [0.2, 0.25) is 0 Å². The van der Waals surface area contributed by atoms with Gasteiger partial charge >= 0.3 is 12.7 Å². The van der Waals surface area contributed by atoms with Gasteiger partial charge in [-0.15, -0.1) is 0 Å². The molecule has 3 fully saturated rings. The van der Waals surface area contributed by atoms with E-state index < -0.39 is 12.1 Å². The van der Waals surface area contributed by atoms with Crippen LogP contribution < -0.4 is 0 Å². The zero-order valence-electron chi connectivity index (χ0n) is 7.02. The van der Waals surface area contributed by atoms with E-state index in [1.165, 1.54) is 7.11 Å². The summed E-state index contributed by atoms with van der Waals surface area (Å²) in [7, 11) is 1.33. The molecule has 74 valence electrons. The Hall–Kier alpha value is -0.0000000000000000694. The average molecular weight is 224 g/mol. The molecule has 0 atom stereocenters. The van der Waals surface area contributed by atoms with Gasteiger partial charge in [0.2, 0.25) is 0 Å². The Morgan fingerprint density at radius 2 is 1.85 bits per heavy atom. The Bertz CT molecular complexity index is 259. The molecule has 0 aromatic rings. The lowest BCUT2D eigenvalue weighted by Crippen LogP contribution is -2.50. The zero-order chi connectivity index (χ0) is 9.53. The summed E-state index contributed by atoms with van der Waals surface area (Å²) in [6, 6.07) is 0. The summed E-state index contributed by atoms with van der Waals surface area (Å²) in [6.45, 7) is -1.75. The molecule has 3 aliphatic rings. The highest BCUT2D eigenvalue weighted by atomic mass is 32.5. The van der Waals surface area contributed by atoms with Gasteiger partial charge in [0.05, 0.1) is 26.9 Å². The van der Waals surface area contributed by atoms with Crippen molar-refractivity contribution in [2.24, 2.45) is 5.41 Å². The van der Waals surface area contributed by atoms with E-state index in [2.05, 4.69) is 4.74 Å². The summed E-state index contributed by atoms with van der Waals surface area (Å²) in [5, 5.41) is 0. The first-order chi connectivity index (χ1) is 6.10. The minimum absolute atomic E-state index is 0.247. The highest BCUT2D eigenvalue weighted by Crippen LogP contribution is 2.60. The lowest BCUT2D eigenvalue weighted by Gasteiger charge is -2.43. The quantitative estimate of drug-likeness (QED) is 0.476. The number of hydrogen-bond acceptors (Lipinski definition) is 6. The third-order valence-corrected chi connectivity index (χ3v) is 4.40. The minimum Gasteiger partial charge on any atom is -0.468 e. The molecule has 0 aromatic carbocycles. The van der Waals surface area contributed by atoms with Gasteiger partial charge in [-0.1, -0.05) is 0 Å². The largest absolute Gasteiger partial charge is 0.468 e. The van der Waals surface area contributed by atoms with E-state index >= 15 is 0 Å². The van der Waals surface area contributed by atoms with Crippen LogP contribution in [0.15, 0.2) is 0 Å². The van der Waals surface area contributed by atoms with Gasteiger partial charge in [-0.05, 0) is 11.8 Å². The molecule has 7 heteroatoms. The first-order valence-corrected chi connectivity index (χ1v) is 6.28. The van der Waals surface area contributed by atoms with Gasteiger partial charge in [0, 0.05) is 0 Å². The third kappa shape index (κ3) is 1.43. The number of rotatable bonds is 1. The van der Waals surface area contributed by atoms with E-state index in [9.17, 15) is 4.79 Å². The van der Waals surface area contributed by atoms with E-state index in [0.717, 1.165) is 0 Å². The molecule has 3 aliphatic heterocycles. The van der Waals surface area contributed by atoms with Crippen molar-refractivity contribution in [3.8, 4) is 0 Å². The lowest BCUT2D eigenvalue weighted by atomic mass is 9.91. The molecular weight excluding hydrogens is 215 g/mol. The van der Waals surface area contributed by atoms with Crippen LogP contribution in [0.3, 0.4) is 0 Å². The van der Waals surface area contributed by atoms with Crippen molar-refractivity contribution in [1.82, 2.24) is 0 Å². The van der Waals surface area contributed by atoms with Crippen molar-refractivity contribution in [3.05, 3.63) is 0 Å². The van der Waals surface area contributed by atoms with Crippen LogP contribution in [0.5, 0.6) is 0 Å². The van der Waals surface area contributed by atoms with Crippen LogP contribution in [0.1, 0.15) is 0 Å². The summed E-state index contributed by atoms with van der Waals surface area (Å²) >= 11 is 4.96. The maximum absolute atomic E-state index is 11.4. The lowest BCUT2D eigenvalue weighted by molar-refractivity contribution is -0.170. The number of hydrogen-bond donors (Lipinski definition) is 0. The van der Waals surface area contributed by atoms with Crippen molar-refractivity contribution >= 4 is 24.5 Å². The van der Waals surface area contributed by atoms with Crippen LogP contribution in [0, 0.1) is 5.41 Å². The Balaban J connectivity index is 2.20. The topological polar surface area (TPSA) is 54.0 Å². The number of carbonyl (C=O) groups excluding carboxylic acids is 1. The first-order valence-electron chi connectivity index (χ1n) is 3.72. The Kier molecular flexibility index (Phi) is 2.20. The molecule has 0 unspecified atom stereocenters. The summed E-state index contributed by atoms with van der Waals surface area (Å²) < 4.78 is 20.2. The standard InChI is InChI=1S/C6H9O5PS/c1-8-5(7)6-2-9-12(13,10-3-6)11-4-6/h2-4H2,1H3. The van der Waals surface area contributed by atoms with Gasteiger partial charge in [-0.25, -0.2) is 0 Å². The monoisotopic (exact) mass is 224 g/mol. The second-order valence-electron chi connectivity index (χ2n) is 3.04. The predicted molar refractivity (Wildman–Crippen MR) is 46.6 cm³/mol. The molecule has 0 radical (unpaired) electrons. The van der Waals surface area contributed by atoms with Gasteiger partial charge in [0.25, 0.3) is 0 Å². The van der Waals surface area contributed by atoms with Crippen molar-refractivity contribution < 1.29 is 23.1 Å². The highest BCUT2D eigenvalue weighted by molar-refractivity contribution is 8.07. The maximum atomic E-state index is 11.4. The molecule has 3 heterocycles. The molecular formula is C6H9O5PS. The molecule has 3 rings (SSSR count). The summed E-state index contributed by atoms with van der Waals surface area (Å²) in [4.78, 5) is 11.4. The van der Waals surface area contributed by atoms with Crippen LogP contribution in [0.4, 0.5) is 0 Å². The smallest absolute Gasteiger partial charge is 0.327 e. The number of methoxy groups -OCH3 is 1. The number of ether oxygens (including phenoxy) is 1. The Morgan fingerprint density at radius 3 is 2.23 bits per heavy atom. The number of fused-ring (bicyclic) bond motifs is 3. The molecule has 0 aromatic heterocycles. The zero-order valence-corrected chi connectivity index (χ0v) is 8.73. The highest BCUT2D eigenvalue weighted by Gasteiger charge is 2.53. The van der Waals surface area contributed by atoms with Gasteiger partial charge in [-0.2, -0.15) is 0 Å². The molecule has 0 aliphatic carbocycles. The van der Waals surface area contributed by atoms with E-state index in [-0.39, 0.29) is 25.8 Å². The van der Waals surface area contributed by atoms with Crippen LogP contribution in [-0.4, -0.2) is 32.9 Å². The second-order valence-corrected chi connectivity index (χ2v) is 6.05. The SMILES string of the molecule is COC(=O)C12COP(=S)(OC1)OC2. The van der Waals surface area contributed by atoms with Crippen molar-refractivity contribution in [2.75, 3.05) is 26.9 Å². The minimum atomic E-state index is -2.50. The number of carbonyl (C=O) groups is 1. The van der Waals surface area contributed by atoms with Crippen LogP contribution in [0.25, 0.3) is 0 Å². The molecule has 0 N–H and O–H groups in total. The second kappa shape index (κ2) is 3.00. The van der Waals surface area contributed by atoms with Crippen LogP contribution >= 0.6 is 6.72 Å². The van der Waals surface area contributed by atoms with E-state index in [4.69, 9.17) is 25.4 Å². The molecule has 0 amide bonds. The molecule has 0 spiro atoms. The fourth-order valence-electron chi connectivity index (χ4n) is 1.24. The molecule has 5 nitrogen and oxygen atoms in total. The van der Waals surface area contributed by atoms with Crippen molar-refractivity contribution in [1.29, 1.82) is 0 Å². The molecule has 0 saturated carbocycles. The van der Waals surface area contributed by atoms with E-state index in [0.29, 0.717) is 0 Å². The van der Waals surface area contributed by atoms with Gasteiger partial charge in [0.1, 0.15) is 5.41 Å². The fourth-order valence-corrected chi connectivity index (χ4v) is 3.15. The third-order valence-electron chi connectivity index (χ3n) is 2.12. The fraction of sp³-hybridized carbons (Fsp3) is 0.833. The van der Waals surface area contributed by atoms with Crippen molar-refractivity contribution in [2.45, 2.75) is 0 Å². The van der Waals surface area contributed by atoms with Gasteiger partial charge in [-0.3, -0.25) is 4.79 Å². The molecule has 3 saturated heterocycles. The molecule has 2 bridgehead atoms. The maximum Gasteiger partial charge on any atom is 0.327 e. The van der Waals surface area contributed by atoms with Gasteiger partial charge in [0.15, 0.2) is 0 Å². The first kappa shape index (κ1) is 9.55.